The molecular weight excluding hydrogens is 464 g/mol. The van der Waals surface area contributed by atoms with Crippen LogP contribution in [-0.2, 0) is 21.1 Å². The van der Waals surface area contributed by atoms with E-state index in [0.717, 1.165) is 45.6 Å². The van der Waals surface area contributed by atoms with Gasteiger partial charge in [0.2, 0.25) is 0 Å². The first-order valence-electron chi connectivity index (χ1n) is 12.5. The molecule has 1 fully saturated rings. The van der Waals surface area contributed by atoms with Crippen LogP contribution in [0.2, 0.25) is 0 Å². The molecule has 2 heterocycles. The van der Waals surface area contributed by atoms with Crippen LogP contribution in [-0.4, -0.2) is 62.5 Å². The fourth-order valence-electron chi connectivity index (χ4n) is 5.17. The molecule has 190 valence electrons. The molecule has 0 saturated carbocycles. The lowest BCUT2D eigenvalue weighted by Crippen LogP contribution is -2.43. The lowest BCUT2D eigenvalue weighted by molar-refractivity contribution is 0.0252. The second kappa shape index (κ2) is 11.2. The van der Waals surface area contributed by atoms with E-state index in [4.69, 9.17) is 4.74 Å². The summed E-state index contributed by atoms with van der Waals surface area (Å²) in [6.07, 6.45) is 3.14. The molecule has 0 aliphatic carbocycles. The van der Waals surface area contributed by atoms with Crippen molar-refractivity contribution in [2.45, 2.75) is 62.6 Å². The smallest absolute Gasteiger partial charge is 0.251 e. The molecule has 7 nitrogen and oxygen atoms in total. The molecule has 1 amide bonds. The average Bonchev–Trinajstić information content (AvgIpc) is 2.91. The highest BCUT2D eigenvalue weighted by Crippen LogP contribution is 2.34. The molecule has 2 aromatic carbocycles. The maximum Gasteiger partial charge on any atom is 0.251 e. The predicted octanol–water partition coefficient (Wildman–Crippen LogP) is 3.43. The van der Waals surface area contributed by atoms with Gasteiger partial charge in [0.05, 0.1) is 23.3 Å². The standard InChI is InChI=1S/C27H36N2O5S/c1-3-19-16-29(23-11-13-34-14-12-23)17-22-15-21(7-10-25(19)22)27(31)28-26(18-30)20-5-8-24(9-6-20)35(32,33)4-2/h5-10,15,19,23,26,30H,3-4,11-14,16-18H2,1-2H3,(H,28,31). The van der Waals surface area contributed by atoms with Gasteiger partial charge in [-0.05, 0) is 66.1 Å². The SMILES string of the molecule is CCC1CN(C2CCOCC2)Cc2cc(C(=O)NC(CO)c3ccc(S(=O)(=O)CC)cc3)ccc21. The molecule has 2 aliphatic heterocycles. The molecule has 2 atom stereocenters. The summed E-state index contributed by atoms with van der Waals surface area (Å²) in [7, 11) is -3.30. The van der Waals surface area contributed by atoms with Gasteiger partial charge in [0.15, 0.2) is 9.84 Å². The monoisotopic (exact) mass is 500 g/mol. The lowest BCUT2D eigenvalue weighted by atomic mass is 9.85. The summed E-state index contributed by atoms with van der Waals surface area (Å²) in [4.78, 5) is 15.9. The van der Waals surface area contributed by atoms with Crippen molar-refractivity contribution in [3.8, 4) is 0 Å². The number of hydrogen-bond acceptors (Lipinski definition) is 6. The molecule has 0 bridgehead atoms. The molecule has 2 aromatic rings. The first-order chi connectivity index (χ1) is 16.9. The van der Waals surface area contributed by atoms with E-state index < -0.39 is 15.9 Å². The summed E-state index contributed by atoms with van der Waals surface area (Å²) < 4.78 is 29.7. The van der Waals surface area contributed by atoms with E-state index in [0.29, 0.717) is 23.1 Å². The van der Waals surface area contributed by atoms with Gasteiger partial charge >= 0.3 is 0 Å². The summed E-state index contributed by atoms with van der Waals surface area (Å²) in [5.74, 6) is 0.213. The zero-order valence-electron chi connectivity index (χ0n) is 20.6. The van der Waals surface area contributed by atoms with Crippen LogP contribution in [0.4, 0.5) is 0 Å². The Kier molecular flexibility index (Phi) is 8.27. The number of amides is 1. The summed E-state index contributed by atoms with van der Waals surface area (Å²) in [6, 6.07) is 12.2. The van der Waals surface area contributed by atoms with E-state index in [1.165, 1.54) is 23.3 Å². The van der Waals surface area contributed by atoms with Gasteiger partial charge in [-0.3, -0.25) is 9.69 Å². The second-order valence-electron chi connectivity index (χ2n) is 9.47. The summed E-state index contributed by atoms with van der Waals surface area (Å²) in [5, 5.41) is 12.8. The van der Waals surface area contributed by atoms with Crippen LogP contribution in [0.1, 0.15) is 72.1 Å². The molecule has 35 heavy (non-hydrogen) atoms. The molecule has 0 spiro atoms. The van der Waals surface area contributed by atoms with Gasteiger partial charge in [-0.2, -0.15) is 0 Å². The fourth-order valence-corrected chi connectivity index (χ4v) is 6.06. The molecule has 2 N–H and O–H groups in total. The van der Waals surface area contributed by atoms with E-state index >= 15 is 0 Å². The molecule has 0 aromatic heterocycles. The Morgan fingerprint density at radius 3 is 2.49 bits per heavy atom. The van der Waals surface area contributed by atoms with Crippen molar-refractivity contribution in [1.29, 1.82) is 0 Å². The second-order valence-corrected chi connectivity index (χ2v) is 11.8. The van der Waals surface area contributed by atoms with Crippen molar-refractivity contribution in [2.24, 2.45) is 0 Å². The molecular formula is C27H36N2O5S. The van der Waals surface area contributed by atoms with Gasteiger partial charge in [-0.1, -0.05) is 32.0 Å². The number of benzene rings is 2. The molecule has 0 radical (unpaired) electrons. The molecule has 8 heteroatoms. The van der Waals surface area contributed by atoms with Gasteiger partial charge in [0.25, 0.3) is 5.91 Å². The predicted molar refractivity (Wildman–Crippen MR) is 135 cm³/mol. The zero-order valence-corrected chi connectivity index (χ0v) is 21.4. The van der Waals surface area contributed by atoms with Crippen molar-refractivity contribution < 1.29 is 23.1 Å². The Morgan fingerprint density at radius 1 is 1.14 bits per heavy atom. The van der Waals surface area contributed by atoms with Gasteiger partial charge in [0, 0.05) is 37.9 Å². The Labute approximate surface area is 208 Å². The van der Waals surface area contributed by atoms with Gasteiger partial charge in [0.1, 0.15) is 0 Å². The maximum atomic E-state index is 13.1. The fraction of sp³-hybridized carbons (Fsp3) is 0.519. The Balaban J connectivity index is 1.50. The number of ether oxygens (including phenoxy) is 1. The van der Waals surface area contributed by atoms with Gasteiger partial charge < -0.3 is 15.2 Å². The van der Waals surface area contributed by atoms with Crippen molar-refractivity contribution >= 4 is 15.7 Å². The summed E-state index contributed by atoms with van der Waals surface area (Å²) in [5.41, 5.74) is 3.73. The van der Waals surface area contributed by atoms with E-state index in [-0.39, 0.29) is 23.2 Å². The molecule has 2 aliphatic rings. The minimum absolute atomic E-state index is 0.0235. The first-order valence-corrected chi connectivity index (χ1v) is 14.2. The van der Waals surface area contributed by atoms with E-state index in [1.54, 1.807) is 19.1 Å². The highest BCUT2D eigenvalue weighted by atomic mass is 32.2. The number of aliphatic hydroxyl groups is 1. The van der Waals surface area contributed by atoms with Crippen molar-refractivity contribution in [2.75, 3.05) is 32.1 Å². The topological polar surface area (TPSA) is 95.9 Å². The Hall–Kier alpha value is -2.26. The number of carbonyl (C=O) groups is 1. The van der Waals surface area contributed by atoms with Gasteiger partial charge in [-0.25, -0.2) is 8.42 Å². The number of carbonyl (C=O) groups excluding carboxylic acids is 1. The largest absolute Gasteiger partial charge is 0.394 e. The minimum Gasteiger partial charge on any atom is -0.394 e. The van der Waals surface area contributed by atoms with Gasteiger partial charge in [-0.15, -0.1) is 0 Å². The van der Waals surface area contributed by atoms with Crippen LogP contribution in [0.25, 0.3) is 0 Å². The third-order valence-electron chi connectivity index (χ3n) is 7.38. The third kappa shape index (κ3) is 5.77. The van der Waals surface area contributed by atoms with Crippen LogP contribution >= 0.6 is 0 Å². The van der Waals surface area contributed by atoms with Crippen LogP contribution in [0.5, 0.6) is 0 Å². The van der Waals surface area contributed by atoms with E-state index in [2.05, 4.69) is 23.2 Å². The molecule has 4 rings (SSSR count). The molecule has 2 unspecified atom stereocenters. The first kappa shape index (κ1) is 25.8. The number of sulfone groups is 1. The van der Waals surface area contributed by atoms with Crippen LogP contribution in [0, 0.1) is 0 Å². The van der Waals surface area contributed by atoms with Crippen molar-refractivity contribution in [3.63, 3.8) is 0 Å². The number of nitrogens with one attached hydrogen (secondary N) is 1. The van der Waals surface area contributed by atoms with Crippen LogP contribution in [0.15, 0.2) is 47.4 Å². The zero-order chi connectivity index (χ0) is 25.0. The summed E-state index contributed by atoms with van der Waals surface area (Å²) >= 11 is 0. The van der Waals surface area contributed by atoms with Crippen LogP contribution < -0.4 is 5.32 Å². The highest BCUT2D eigenvalue weighted by molar-refractivity contribution is 7.91. The minimum atomic E-state index is -3.30. The Morgan fingerprint density at radius 2 is 1.86 bits per heavy atom. The number of nitrogens with zero attached hydrogens (tertiary/aromatic N) is 1. The van der Waals surface area contributed by atoms with E-state index in [9.17, 15) is 18.3 Å². The average molecular weight is 501 g/mol. The normalized spacial score (nSPS) is 20.3. The van der Waals surface area contributed by atoms with Crippen molar-refractivity contribution in [3.05, 3.63) is 64.7 Å². The number of hydrogen-bond donors (Lipinski definition) is 2. The molecule has 1 saturated heterocycles. The Bertz CT molecular complexity index is 1130. The summed E-state index contributed by atoms with van der Waals surface area (Å²) in [6.45, 7) is 7.01. The lowest BCUT2D eigenvalue weighted by Gasteiger charge is -2.41. The number of rotatable bonds is 8. The quantitative estimate of drug-likeness (QED) is 0.577. The van der Waals surface area contributed by atoms with E-state index in [1.807, 2.05) is 12.1 Å². The number of fused-ring (bicyclic) bond motifs is 1. The van der Waals surface area contributed by atoms with Crippen LogP contribution in [0.3, 0.4) is 0 Å². The van der Waals surface area contributed by atoms with Crippen molar-refractivity contribution in [1.82, 2.24) is 10.2 Å². The maximum absolute atomic E-state index is 13.1. The highest BCUT2D eigenvalue weighted by Gasteiger charge is 2.30. The number of aliphatic hydroxyl groups excluding tert-OH is 1. The third-order valence-corrected chi connectivity index (χ3v) is 9.13.